The lowest BCUT2D eigenvalue weighted by molar-refractivity contribution is 0.248. The van der Waals surface area contributed by atoms with Gasteiger partial charge in [0.1, 0.15) is 0 Å². The van der Waals surface area contributed by atoms with Gasteiger partial charge < -0.3 is 5.32 Å². The third kappa shape index (κ3) is 5.85. The molecule has 0 aromatic rings. The summed E-state index contributed by atoms with van der Waals surface area (Å²) >= 11 is 0. The summed E-state index contributed by atoms with van der Waals surface area (Å²) in [6.07, 6.45) is 3.65. The van der Waals surface area contributed by atoms with E-state index in [0.29, 0.717) is 25.0 Å². The van der Waals surface area contributed by atoms with Crippen molar-refractivity contribution in [3.05, 3.63) is 0 Å². The van der Waals surface area contributed by atoms with E-state index in [-0.39, 0.29) is 5.54 Å². The topological polar surface area (TPSA) is 61.4 Å². The molecule has 126 valence electrons. The van der Waals surface area contributed by atoms with E-state index in [2.05, 4.69) is 23.9 Å². The molecule has 0 aliphatic carbocycles. The van der Waals surface area contributed by atoms with E-state index in [4.69, 9.17) is 0 Å². The predicted octanol–water partition coefficient (Wildman–Crippen LogP) is 2.11. The standard InChI is InChI=1S/C15H33N3O2S/c1-6-15(5,7-2)17-21(19,20)18-10-8-9-14(12-18)11-16-13(3)4/h13-14,16-17H,6-12H2,1-5H3. The summed E-state index contributed by atoms with van der Waals surface area (Å²) in [5, 5.41) is 3.42. The Morgan fingerprint density at radius 3 is 2.43 bits per heavy atom. The van der Waals surface area contributed by atoms with Crippen LogP contribution >= 0.6 is 0 Å². The molecule has 6 heteroatoms. The summed E-state index contributed by atoms with van der Waals surface area (Å²) in [5.74, 6) is 0.409. The first-order valence-electron chi connectivity index (χ1n) is 8.25. The summed E-state index contributed by atoms with van der Waals surface area (Å²) in [4.78, 5) is 0. The van der Waals surface area contributed by atoms with E-state index < -0.39 is 10.2 Å². The van der Waals surface area contributed by atoms with Gasteiger partial charge in [0.2, 0.25) is 0 Å². The molecule has 1 fully saturated rings. The van der Waals surface area contributed by atoms with Gasteiger partial charge in [0.05, 0.1) is 0 Å². The highest BCUT2D eigenvalue weighted by atomic mass is 32.2. The third-order valence-corrected chi connectivity index (χ3v) is 6.33. The SMILES string of the molecule is CCC(C)(CC)NS(=O)(=O)N1CCCC(CNC(C)C)C1. The third-order valence-electron chi connectivity index (χ3n) is 4.57. The quantitative estimate of drug-likeness (QED) is 0.720. The van der Waals surface area contributed by atoms with Crippen molar-refractivity contribution >= 4 is 10.2 Å². The number of nitrogens with one attached hydrogen (secondary N) is 2. The van der Waals surface area contributed by atoms with Crippen LogP contribution in [-0.4, -0.2) is 43.9 Å². The van der Waals surface area contributed by atoms with E-state index in [0.717, 1.165) is 32.2 Å². The van der Waals surface area contributed by atoms with E-state index >= 15 is 0 Å². The van der Waals surface area contributed by atoms with Gasteiger partial charge in [-0.2, -0.15) is 17.4 Å². The van der Waals surface area contributed by atoms with Crippen molar-refractivity contribution in [1.29, 1.82) is 0 Å². The van der Waals surface area contributed by atoms with Crippen molar-refractivity contribution < 1.29 is 8.42 Å². The maximum absolute atomic E-state index is 12.6. The highest BCUT2D eigenvalue weighted by molar-refractivity contribution is 7.87. The molecule has 1 aliphatic heterocycles. The zero-order valence-corrected chi connectivity index (χ0v) is 15.1. The molecule has 1 unspecified atom stereocenters. The Kier molecular flexibility index (Phi) is 7.10. The fourth-order valence-corrected chi connectivity index (χ4v) is 4.40. The summed E-state index contributed by atoms with van der Waals surface area (Å²) in [7, 11) is -3.38. The van der Waals surface area contributed by atoms with E-state index in [9.17, 15) is 8.42 Å². The maximum atomic E-state index is 12.6. The van der Waals surface area contributed by atoms with Gasteiger partial charge in [0.25, 0.3) is 10.2 Å². The summed E-state index contributed by atoms with van der Waals surface area (Å²) in [6.45, 7) is 12.4. The molecule has 0 spiro atoms. The lowest BCUT2D eigenvalue weighted by Crippen LogP contribution is -2.54. The normalized spacial score (nSPS) is 21.9. The van der Waals surface area contributed by atoms with Crippen LogP contribution in [0.1, 0.15) is 60.3 Å². The lowest BCUT2D eigenvalue weighted by Gasteiger charge is -2.36. The van der Waals surface area contributed by atoms with Gasteiger partial charge in [0, 0.05) is 24.7 Å². The van der Waals surface area contributed by atoms with Crippen molar-refractivity contribution in [1.82, 2.24) is 14.3 Å². The van der Waals surface area contributed by atoms with Crippen molar-refractivity contribution in [2.75, 3.05) is 19.6 Å². The fraction of sp³-hybridized carbons (Fsp3) is 1.00. The minimum Gasteiger partial charge on any atom is -0.314 e. The Hall–Kier alpha value is -0.170. The second kappa shape index (κ2) is 7.90. The number of nitrogens with zero attached hydrogens (tertiary/aromatic N) is 1. The van der Waals surface area contributed by atoms with Crippen LogP contribution in [0.4, 0.5) is 0 Å². The van der Waals surface area contributed by atoms with Crippen LogP contribution in [0.15, 0.2) is 0 Å². The Morgan fingerprint density at radius 1 is 1.29 bits per heavy atom. The first kappa shape index (κ1) is 18.9. The molecule has 0 aromatic carbocycles. The van der Waals surface area contributed by atoms with Crippen LogP contribution in [0, 0.1) is 5.92 Å². The van der Waals surface area contributed by atoms with Crippen molar-refractivity contribution in [2.24, 2.45) is 5.92 Å². The number of hydrogen-bond acceptors (Lipinski definition) is 3. The van der Waals surface area contributed by atoms with E-state index in [1.165, 1.54) is 0 Å². The molecule has 1 rings (SSSR count). The van der Waals surface area contributed by atoms with Gasteiger partial charge in [-0.05, 0) is 45.1 Å². The molecule has 2 N–H and O–H groups in total. The van der Waals surface area contributed by atoms with Crippen LogP contribution in [-0.2, 0) is 10.2 Å². The molecule has 1 heterocycles. The summed E-state index contributed by atoms with van der Waals surface area (Å²) in [6, 6.07) is 0.443. The van der Waals surface area contributed by atoms with Gasteiger partial charge >= 0.3 is 0 Å². The molecule has 5 nitrogen and oxygen atoms in total. The Morgan fingerprint density at radius 2 is 1.90 bits per heavy atom. The highest BCUT2D eigenvalue weighted by Gasteiger charge is 2.33. The number of piperidine rings is 1. The zero-order valence-electron chi connectivity index (χ0n) is 14.3. The molecule has 0 saturated carbocycles. The monoisotopic (exact) mass is 319 g/mol. The maximum Gasteiger partial charge on any atom is 0.279 e. The zero-order chi connectivity index (χ0) is 16.1. The average molecular weight is 320 g/mol. The van der Waals surface area contributed by atoms with Crippen molar-refractivity contribution in [3.8, 4) is 0 Å². The predicted molar refractivity (Wildman–Crippen MR) is 88.5 cm³/mol. The van der Waals surface area contributed by atoms with Crippen LogP contribution in [0.5, 0.6) is 0 Å². The first-order chi connectivity index (χ1) is 9.72. The molecule has 0 radical (unpaired) electrons. The van der Waals surface area contributed by atoms with Crippen molar-refractivity contribution in [2.45, 2.75) is 71.9 Å². The molecular formula is C15H33N3O2S. The first-order valence-corrected chi connectivity index (χ1v) is 9.69. The average Bonchev–Trinajstić information content (AvgIpc) is 2.45. The molecule has 21 heavy (non-hydrogen) atoms. The van der Waals surface area contributed by atoms with Gasteiger partial charge in [-0.25, -0.2) is 0 Å². The minimum absolute atomic E-state index is 0.345. The Labute approximate surface area is 131 Å². The molecule has 1 atom stereocenters. The van der Waals surface area contributed by atoms with Crippen molar-refractivity contribution in [3.63, 3.8) is 0 Å². The molecule has 1 saturated heterocycles. The second-order valence-corrected chi connectivity index (χ2v) is 8.47. The summed E-state index contributed by atoms with van der Waals surface area (Å²) < 4.78 is 29.7. The van der Waals surface area contributed by atoms with E-state index in [1.807, 2.05) is 20.8 Å². The van der Waals surface area contributed by atoms with Gasteiger partial charge in [-0.15, -0.1) is 0 Å². The smallest absolute Gasteiger partial charge is 0.279 e. The second-order valence-electron chi connectivity index (χ2n) is 6.80. The molecule has 1 aliphatic rings. The number of rotatable bonds is 8. The highest BCUT2D eigenvalue weighted by Crippen LogP contribution is 2.21. The minimum atomic E-state index is -3.38. The Bertz CT molecular complexity index is 405. The van der Waals surface area contributed by atoms with E-state index in [1.54, 1.807) is 4.31 Å². The summed E-state index contributed by atoms with van der Waals surface area (Å²) in [5.41, 5.74) is -0.345. The molecule has 0 bridgehead atoms. The van der Waals surface area contributed by atoms with Crippen LogP contribution in [0.2, 0.25) is 0 Å². The van der Waals surface area contributed by atoms with Gasteiger partial charge in [-0.1, -0.05) is 27.7 Å². The Balaban J connectivity index is 2.66. The van der Waals surface area contributed by atoms with Crippen LogP contribution in [0.25, 0.3) is 0 Å². The molecule has 0 aromatic heterocycles. The molecule has 0 amide bonds. The van der Waals surface area contributed by atoms with Crippen LogP contribution in [0.3, 0.4) is 0 Å². The number of hydrogen-bond donors (Lipinski definition) is 2. The largest absolute Gasteiger partial charge is 0.314 e. The van der Waals surface area contributed by atoms with Gasteiger partial charge in [0.15, 0.2) is 0 Å². The lowest BCUT2D eigenvalue weighted by atomic mass is 9.98. The van der Waals surface area contributed by atoms with Gasteiger partial charge in [-0.3, -0.25) is 0 Å². The van der Waals surface area contributed by atoms with Crippen LogP contribution < -0.4 is 10.0 Å². The molecular weight excluding hydrogens is 286 g/mol. The fourth-order valence-electron chi connectivity index (χ4n) is 2.58.